The van der Waals surface area contributed by atoms with E-state index in [1.807, 2.05) is 0 Å². The van der Waals surface area contributed by atoms with E-state index in [1.54, 1.807) is 12.4 Å². The maximum Gasteiger partial charge on any atom is 0.435 e. The van der Waals surface area contributed by atoms with Crippen LogP contribution in [0.4, 0.5) is 42.1 Å². The van der Waals surface area contributed by atoms with Crippen molar-refractivity contribution in [1.82, 2.24) is 5.32 Å². The SMILES string of the molecule is Cc1cc(C(F)(C(F)(F)F)C(F)(F)F)ccc1NC(=O)c1cccc([N+](=O)[O-])c1C(=O)N[C@@H](C)CS(C)=NC#N. The van der Waals surface area contributed by atoms with Gasteiger partial charge in [0.1, 0.15) is 5.56 Å². The number of amides is 2. The van der Waals surface area contributed by atoms with Gasteiger partial charge < -0.3 is 10.6 Å². The Bertz CT molecular complexity index is 1390. The molecule has 2 N–H and O–H groups in total. The summed E-state index contributed by atoms with van der Waals surface area (Å²) in [6.45, 7) is 2.53. The minimum atomic E-state index is -6.34. The smallest absolute Gasteiger partial charge is 0.348 e. The van der Waals surface area contributed by atoms with Crippen molar-refractivity contribution < 1.29 is 45.2 Å². The Balaban J connectivity index is 2.47. The first kappa shape index (κ1) is 32.1. The second-order valence-electron chi connectivity index (χ2n) is 8.43. The lowest BCUT2D eigenvalue weighted by molar-refractivity contribution is -0.385. The van der Waals surface area contributed by atoms with E-state index in [9.17, 15) is 50.4 Å². The maximum absolute atomic E-state index is 14.4. The Morgan fingerprint density at radius 1 is 1.10 bits per heavy atom. The highest BCUT2D eigenvalue weighted by molar-refractivity contribution is 7.86. The van der Waals surface area contributed by atoms with Crippen LogP contribution < -0.4 is 10.6 Å². The van der Waals surface area contributed by atoms with Gasteiger partial charge in [-0.15, -0.1) is 0 Å². The largest absolute Gasteiger partial charge is 0.435 e. The second-order valence-corrected chi connectivity index (χ2v) is 10.1. The summed E-state index contributed by atoms with van der Waals surface area (Å²) in [4.78, 5) is 36.6. The molecule has 0 aliphatic carbocycles. The van der Waals surface area contributed by atoms with Crippen LogP contribution in [0.1, 0.15) is 38.8 Å². The number of anilines is 1. The molecule has 1 unspecified atom stereocenters. The number of nitro benzene ring substituents is 1. The van der Waals surface area contributed by atoms with Crippen LogP contribution in [0.25, 0.3) is 0 Å². The number of hydrogen-bond donors (Lipinski definition) is 2. The van der Waals surface area contributed by atoms with E-state index in [0.717, 1.165) is 25.1 Å². The number of alkyl halides is 7. The number of nitro groups is 1. The lowest BCUT2D eigenvalue weighted by Gasteiger charge is -2.30. The summed E-state index contributed by atoms with van der Waals surface area (Å²) in [5.41, 5.74) is -10.2. The van der Waals surface area contributed by atoms with E-state index >= 15 is 0 Å². The molecule has 40 heavy (non-hydrogen) atoms. The summed E-state index contributed by atoms with van der Waals surface area (Å²) < 4.78 is 96.6. The molecular formula is C23H20F7N5O4S. The Kier molecular flexibility index (Phi) is 9.63. The summed E-state index contributed by atoms with van der Waals surface area (Å²) in [5.74, 6) is -2.01. The van der Waals surface area contributed by atoms with Crippen LogP contribution in [-0.4, -0.2) is 47.1 Å². The predicted molar refractivity (Wildman–Crippen MR) is 130 cm³/mol. The van der Waals surface area contributed by atoms with Gasteiger partial charge in [-0.05, 0) is 37.8 Å². The lowest BCUT2D eigenvalue weighted by atomic mass is 9.92. The minimum absolute atomic E-state index is 0.193. The van der Waals surface area contributed by atoms with Crippen molar-refractivity contribution in [2.75, 3.05) is 17.3 Å². The predicted octanol–water partition coefficient (Wildman–Crippen LogP) is 5.48. The fraction of sp³-hybridized carbons (Fsp3) is 0.348. The second kappa shape index (κ2) is 12.0. The first-order chi connectivity index (χ1) is 18.3. The van der Waals surface area contributed by atoms with Crippen LogP contribution in [0.2, 0.25) is 0 Å². The number of rotatable bonds is 8. The molecule has 0 spiro atoms. The molecule has 0 radical (unpaired) electrons. The Hall–Kier alpha value is -4.07. The zero-order valence-corrected chi connectivity index (χ0v) is 21.6. The molecular weight excluding hydrogens is 575 g/mol. The Labute approximate surface area is 224 Å². The zero-order chi connectivity index (χ0) is 30.6. The molecule has 2 atom stereocenters. The number of halogens is 7. The van der Waals surface area contributed by atoms with Gasteiger partial charge in [0.15, 0.2) is 0 Å². The van der Waals surface area contributed by atoms with Gasteiger partial charge in [-0.1, -0.05) is 28.9 Å². The third kappa shape index (κ3) is 6.73. The van der Waals surface area contributed by atoms with Crippen LogP contribution in [0, 0.1) is 28.5 Å². The van der Waals surface area contributed by atoms with Gasteiger partial charge in [0.05, 0.1) is 10.5 Å². The van der Waals surface area contributed by atoms with Crippen molar-refractivity contribution in [3.63, 3.8) is 0 Å². The number of hydrogen-bond acceptors (Lipinski definition) is 6. The fourth-order valence-electron chi connectivity index (χ4n) is 3.62. The average molecular weight is 595 g/mol. The van der Waals surface area contributed by atoms with Gasteiger partial charge >= 0.3 is 18.0 Å². The van der Waals surface area contributed by atoms with Crippen molar-refractivity contribution in [3.05, 3.63) is 68.8 Å². The molecule has 2 amide bonds. The topological polar surface area (TPSA) is 137 Å². The molecule has 17 heteroatoms. The Morgan fingerprint density at radius 3 is 2.20 bits per heavy atom. The number of carbonyl (C=O) groups is 2. The molecule has 0 saturated carbocycles. The van der Waals surface area contributed by atoms with Crippen LogP contribution in [0.3, 0.4) is 0 Å². The van der Waals surface area contributed by atoms with Gasteiger partial charge in [0.2, 0.25) is 6.19 Å². The number of nitriles is 1. The average Bonchev–Trinajstić information content (AvgIpc) is 2.82. The molecule has 0 fully saturated rings. The third-order valence-corrected chi connectivity index (χ3v) is 6.81. The van der Waals surface area contributed by atoms with Gasteiger partial charge in [0.25, 0.3) is 17.5 Å². The first-order valence-corrected chi connectivity index (χ1v) is 12.7. The van der Waals surface area contributed by atoms with E-state index in [4.69, 9.17) is 5.26 Å². The van der Waals surface area contributed by atoms with Crippen LogP contribution in [-0.2, 0) is 16.4 Å². The number of nitrogens with one attached hydrogen (secondary N) is 2. The molecule has 0 saturated heterocycles. The highest BCUT2D eigenvalue weighted by atomic mass is 32.2. The van der Waals surface area contributed by atoms with Crippen LogP contribution in [0.5, 0.6) is 0 Å². The number of carbonyl (C=O) groups excluding carboxylic acids is 2. The van der Waals surface area contributed by atoms with E-state index in [0.29, 0.717) is 6.07 Å². The monoisotopic (exact) mass is 595 g/mol. The summed E-state index contributed by atoms with van der Waals surface area (Å²) in [6, 6.07) is 3.49. The standard InChI is InChI=1S/C23H20F7N5O4S/c1-12-9-14(21(24,22(25,26)27)23(28,29)30)7-8-16(12)34-19(36)15-5-4-6-17(35(38)39)18(15)20(37)33-13(2)10-40(3)32-11-31/h4-9,13H,10H2,1-3H3,(H,33,37)(H,34,36)/t13-,40?/m0/s1. The van der Waals surface area contributed by atoms with Gasteiger partial charge in [-0.3, -0.25) is 19.7 Å². The minimum Gasteiger partial charge on any atom is -0.348 e. The van der Waals surface area contributed by atoms with E-state index in [2.05, 4.69) is 15.0 Å². The summed E-state index contributed by atoms with van der Waals surface area (Å²) in [5, 5.41) is 24.8. The number of nitrogens with zero attached hydrogens (tertiary/aromatic N) is 3. The van der Waals surface area contributed by atoms with Crippen LogP contribution >= 0.6 is 0 Å². The number of benzene rings is 2. The van der Waals surface area contributed by atoms with Crippen molar-refractivity contribution in [3.8, 4) is 6.19 Å². The fourth-order valence-corrected chi connectivity index (χ4v) is 4.64. The molecule has 0 heterocycles. The van der Waals surface area contributed by atoms with E-state index < -0.39 is 79.4 Å². The van der Waals surface area contributed by atoms with Gasteiger partial charge in [-0.2, -0.15) is 36.0 Å². The summed E-state index contributed by atoms with van der Waals surface area (Å²) >= 11 is 0. The van der Waals surface area contributed by atoms with E-state index in [1.165, 1.54) is 6.92 Å². The molecule has 9 nitrogen and oxygen atoms in total. The normalized spacial score (nSPS) is 13.7. The lowest BCUT2D eigenvalue weighted by Crippen LogP contribution is -2.50. The third-order valence-electron chi connectivity index (χ3n) is 5.43. The summed E-state index contributed by atoms with van der Waals surface area (Å²) in [7, 11) is -0.782. The molecule has 2 aromatic carbocycles. The summed E-state index contributed by atoms with van der Waals surface area (Å²) in [6.07, 6.45) is -9.46. The quantitative estimate of drug-likeness (QED) is 0.180. The highest BCUT2D eigenvalue weighted by Gasteiger charge is 2.73. The molecule has 2 rings (SSSR count). The highest BCUT2D eigenvalue weighted by Crippen LogP contribution is 2.53. The first-order valence-electron chi connectivity index (χ1n) is 10.9. The van der Waals surface area contributed by atoms with Crippen molar-refractivity contribution in [2.45, 2.75) is 37.9 Å². The van der Waals surface area contributed by atoms with Crippen molar-refractivity contribution >= 4 is 33.9 Å². The molecule has 0 aromatic heterocycles. The van der Waals surface area contributed by atoms with E-state index in [-0.39, 0.29) is 23.6 Å². The van der Waals surface area contributed by atoms with Crippen LogP contribution in [0.15, 0.2) is 40.8 Å². The maximum atomic E-state index is 14.4. The zero-order valence-electron chi connectivity index (χ0n) is 20.8. The van der Waals surface area contributed by atoms with Gasteiger partial charge in [0, 0.05) is 29.1 Å². The van der Waals surface area contributed by atoms with Crippen molar-refractivity contribution in [2.24, 2.45) is 4.36 Å². The molecule has 0 bridgehead atoms. The molecule has 2 aromatic rings. The molecule has 216 valence electrons. The molecule has 0 aliphatic rings. The van der Waals surface area contributed by atoms with Gasteiger partial charge in [-0.25, -0.2) is 4.39 Å². The number of aryl methyl sites for hydroxylation is 1. The Morgan fingerprint density at radius 2 is 1.70 bits per heavy atom. The van der Waals surface area contributed by atoms with Crippen molar-refractivity contribution in [1.29, 1.82) is 5.26 Å². The molecule has 0 aliphatic heterocycles.